The highest BCUT2D eigenvalue weighted by atomic mass is 14.9. The lowest BCUT2D eigenvalue weighted by molar-refractivity contribution is 0.293. The minimum absolute atomic E-state index is 0.0373. The van der Waals surface area contributed by atoms with Crippen LogP contribution >= 0.6 is 0 Å². The normalized spacial score (nSPS) is 20.7. The first-order valence-electron chi connectivity index (χ1n) is 4.07. The minimum atomic E-state index is 0.0373. The van der Waals surface area contributed by atoms with Gasteiger partial charge < -0.3 is 11.1 Å². The van der Waals surface area contributed by atoms with E-state index in [9.17, 15) is 0 Å². The Bertz CT molecular complexity index is 100. The maximum atomic E-state index is 5.84. The molecule has 0 radical (unpaired) electrons. The van der Waals surface area contributed by atoms with Gasteiger partial charge in [0, 0.05) is 5.54 Å². The molecule has 1 aliphatic heterocycles. The summed E-state index contributed by atoms with van der Waals surface area (Å²) in [4.78, 5) is 0. The number of hydrogen-bond donors (Lipinski definition) is 2. The van der Waals surface area contributed by atoms with Crippen LogP contribution in [0.1, 0.15) is 26.7 Å². The first-order valence-corrected chi connectivity index (χ1v) is 4.07. The molecule has 1 saturated heterocycles. The highest BCUT2D eigenvalue weighted by molar-refractivity contribution is 4.79. The van der Waals surface area contributed by atoms with E-state index in [4.69, 9.17) is 5.73 Å². The molecule has 10 heavy (non-hydrogen) atoms. The Labute approximate surface area is 63.2 Å². The Morgan fingerprint density at radius 1 is 1.50 bits per heavy atom. The maximum absolute atomic E-state index is 5.84. The average Bonchev–Trinajstić information content (AvgIpc) is 1.56. The fourth-order valence-corrected chi connectivity index (χ4v) is 1.13. The van der Waals surface area contributed by atoms with Gasteiger partial charge in [0.1, 0.15) is 0 Å². The van der Waals surface area contributed by atoms with Crippen molar-refractivity contribution in [1.29, 1.82) is 0 Å². The second-order valence-corrected chi connectivity index (χ2v) is 4.05. The van der Waals surface area contributed by atoms with Gasteiger partial charge in [0.15, 0.2) is 0 Å². The predicted octanol–water partition coefficient (Wildman–Crippen LogP) is 0.723. The molecular formula is C8H18N2. The van der Waals surface area contributed by atoms with Crippen LogP contribution in [0.3, 0.4) is 0 Å². The van der Waals surface area contributed by atoms with E-state index in [-0.39, 0.29) is 5.54 Å². The van der Waals surface area contributed by atoms with Crippen molar-refractivity contribution in [3.05, 3.63) is 0 Å². The Morgan fingerprint density at radius 3 is 2.40 bits per heavy atom. The van der Waals surface area contributed by atoms with E-state index in [1.807, 2.05) is 0 Å². The van der Waals surface area contributed by atoms with E-state index in [1.54, 1.807) is 0 Å². The smallest absolute Gasteiger partial charge is 0.00971 e. The van der Waals surface area contributed by atoms with E-state index in [0.717, 1.165) is 12.3 Å². The molecule has 0 saturated carbocycles. The third-order valence-electron chi connectivity index (χ3n) is 2.06. The zero-order chi connectivity index (χ0) is 7.61. The van der Waals surface area contributed by atoms with Crippen molar-refractivity contribution in [1.82, 2.24) is 5.32 Å². The molecule has 0 amide bonds. The molecule has 0 bridgehead atoms. The van der Waals surface area contributed by atoms with Gasteiger partial charge >= 0.3 is 0 Å². The molecule has 1 rings (SSSR count). The van der Waals surface area contributed by atoms with Crippen molar-refractivity contribution in [3.8, 4) is 0 Å². The monoisotopic (exact) mass is 142 g/mol. The minimum Gasteiger partial charge on any atom is -0.326 e. The number of rotatable bonds is 3. The van der Waals surface area contributed by atoms with Crippen molar-refractivity contribution < 1.29 is 0 Å². The first-order chi connectivity index (χ1) is 4.58. The van der Waals surface area contributed by atoms with Crippen LogP contribution in [0.5, 0.6) is 0 Å². The number of nitrogens with one attached hydrogen (secondary N) is 1. The molecule has 1 heterocycles. The van der Waals surface area contributed by atoms with E-state index in [1.165, 1.54) is 19.5 Å². The predicted molar refractivity (Wildman–Crippen MR) is 43.9 cm³/mol. The average molecular weight is 142 g/mol. The highest BCUT2D eigenvalue weighted by Crippen LogP contribution is 2.16. The van der Waals surface area contributed by atoms with E-state index in [2.05, 4.69) is 19.2 Å². The summed E-state index contributed by atoms with van der Waals surface area (Å²) in [5, 5.41) is 3.26. The molecule has 3 N–H and O–H groups in total. The second kappa shape index (κ2) is 2.89. The Hall–Kier alpha value is -0.0800. The fraction of sp³-hybridized carbons (Fsp3) is 1.00. The van der Waals surface area contributed by atoms with E-state index in [0.29, 0.717) is 0 Å². The third-order valence-corrected chi connectivity index (χ3v) is 2.06. The summed E-state index contributed by atoms with van der Waals surface area (Å²) in [6, 6.07) is 0. The number of nitrogens with two attached hydrogens (primary N) is 1. The fourth-order valence-electron chi connectivity index (χ4n) is 1.13. The van der Waals surface area contributed by atoms with Crippen LogP contribution < -0.4 is 11.1 Å². The van der Waals surface area contributed by atoms with Gasteiger partial charge in [-0.15, -0.1) is 0 Å². The van der Waals surface area contributed by atoms with Crippen LogP contribution in [0.2, 0.25) is 0 Å². The summed E-state index contributed by atoms with van der Waals surface area (Å²) < 4.78 is 0. The molecule has 2 heteroatoms. The summed E-state index contributed by atoms with van der Waals surface area (Å²) in [7, 11) is 0. The summed E-state index contributed by atoms with van der Waals surface area (Å²) in [5.74, 6) is 0.905. The molecule has 0 aromatic rings. The second-order valence-electron chi connectivity index (χ2n) is 4.05. The molecule has 0 atom stereocenters. The van der Waals surface area contributed by atoms with Gasteiger partial charge in [0.05, 0.1) is 0 Å². The quantitative estimate of drug-likeness (QED) is 0.609. The van der Waals surface area contributed by atoms with Crippen molar-refractivity contribution in [2.45, 2.75) is 32.2 Å². The lowest BCUT2D eigenvalue weighted by Crippen LogP contribution is -2.43. The molecule has 60 valence electrons. The summed E-state index contributed by atoms with van der Waals surface area (Å²) in [6.45, 7) is 6.60. The number of hydrogen-bond acceptors (Lipinski definition) is 2. The summed E-state index contributed by atoms with van der Waals surface area (Å²) >= 11 is 0. The molecular weight excluding hydrogens is 124 g/mol. The molecule has 1 aliphatic rings. The van der Waals surface area contributed by atoms with Gasteiger partial charge in [-0.25, -0.2) is 0 Å². The molecule has 0 aromatic heterocycles. The standard InChI is InChI=1S/C8H18N2/c1-8(2,9)4-3-7-5-10-6-7/h7,10H,3-6,9H2,1-2H3. The van der Waals surface area contributed by atoms with Gasteiger partial charge in [0.25, 0.3) is 0 Å². The van der Waals surface area contributed by atoms with Gasteiger partial charge in [-0.2, -0.15) is 0 Å². The van der Waals surface area contributed by atoms with Crippen LogP contribution in [0, 0.1) is 5.92 Å². The lowest BCUT2D eigenvalue weighted by atomic mass is 9.90. The van der Waals surface area contributed by atoms with Crippen molar-refractivity contribution >= 4 is 0 Å². The molecule has 0 unspecified atom stereocenters. The van der Waals surface area contributed by atoms with Crippen molar-refractivity contribution in [2.24, 2.45) is 11.7 Å². The van der Waals surface area contributed by atoms with E-state index < -0.39 is 0 Å². The Balaban J connectivity index is 2.04. The molecule has 1 fully saturated rings. The van der Waals surface area contributed by atoms with Crippen LogP contribution in [0.25, 0.3) is 0 Å². The Morgan fingerprint density at radius 2 is 2.10 bits per heavy atom. The van der Waals surface area contributed by atoms with Crippen molar-refractivity contribution in [3.63, 3.8) is 0 Å². The summed E-state index contributed by atoms with van der Waals surface area (Å²) in [6.07, 6.45) is 2.44. The van der Waals surface area contributed by atoms with E-state index >= 15 is 0 Å². The van der Waals surface area contributed by atoms with Gasteiger partial charge in [-0.3, -0.25) is 0 Å². The third kappa shape index (κ3) is 2.67. The largest absolute Gasteiger partial charge is 0.326 e. The SMILES string of the molecule is CC(C)(N)CCC1CNC1. The first kappa shape index (κ1) is 8.02. The van der Waals surface area contributed by atoms with Gasteiger partial charge in [0.2, 0.25) is 0 Å². The molecule has 0 spiro atoms. The zero-order valence-electron chi connectivity index (χ0n) is 6.98. The van der Waals surface area contributed by atoms with Gasteiger partial charge in [-0.1, -0.05) is 0 Å². The maximum Gasteiger partial charge on any atom is 0.00971 e. The zero-order valence-corrected chi connectivity index (χ0v) is 6.98. The Kier molecular flexibility index (Phi) is 2.32. The molecule has 0 aromatic carbocycles. The highest BCUT2D eigenvalue weighted by Gasteiger charge is 2.19. The van der Waals surface area contributed by atoms with Crippen LogP contribution in [0.4, 0.5) is 0 Å². The topological polar surface area (TPSA) is 38.0 Å². The van der Waals surface area contributed by atoms with Crippen LogP contribution in [-0.2, 0) is 0 Å². The van der Waals surface area contributed by atoms with Crippen LogP contribution in [0.15, 0.2) is 0 Å². The van der Waals surface area contributed by atoms with Crippen molar-refractivity contribution in [2.75, 3.05) is 13.1 Å². The van der Waals surface area contributed by atoms with Crippen LogP contribution in [-0.4, -0.2) is 18.6 Å². The molecule has 2 nitrogen and oxygen atoms in total. The summed E-state index contributed by atoms with van der Waals surface area (Å²) in [5.41, 5.74) is 5.88. The lowest BCUT2D eigenvalue weighted by Gasteiger charge is -2.29. The molecule has 0 aliphatic carbocycles. The van der Waals surface area contributed by atoms with Gasteiger partial charge in [-0.05, 0) is 45.7 Å².